The molecule has 150 valence electrons. The Hall–Kier alpha value is -3.45. The van der Waals surface area contributed by atoms with Crippen molar-refractivity contribution in [1.29, 1.82) is 0 Å². The first-order valence-electron chi connectivity index (χ1n) is 9.47. The number of aryl methyl sites for hydroxylation is 1. The van der Waals surface area contributed by atoms with Gasteiger partial charge < -0.3 is 14.5 Å². The van der Waals surface area contributed by atoms with Gasteiger partial charge in [-0.05, 0) is 57.2 Å². The number of ketones is 1. The van der Waals surface area contributed by atoms with Crippen LogP contribution in [0.4, 0.5) is 5.69 Å². The normalized spacial score (nSPS) is 16.6. The van der Waals surface area contributed by atoms with Gasteiger partial charge in [0.1, 0.15) is 11.3 Å². The lowest BCUT2D eigenvalue weighted by Gasteiger charge is -2.32. The van der Waals surface area contributed by atoms with E-state index < -0.39 is 11.2 Å². The van der Waals surface area contributed by atoms with Crippen LogP contribution >= 0.6 is 11.3 Å². The van der Waals surface area contributed by atoms with E-state index in [4.69, 9.17) is 9.15 Å². The van der Waals surface area contributed by atoms with Gasteiger partial charge >= 0.3 is 5.63 Å². The summed E-state index contributed by atoms with van der Waals surface area (Å²) in [6.45, 7) is 5.42. The van der Waals surface area contributed by atoms with Crippen molar-refractivity contribution in [3.63, 3.8) is 0 Å². The van der Waals surface area contributed by atoms with Crippen LogP contribution < -0.4 is 15.7 Å². The standard InChI is InChI=1S/C23H18N2O4S/c1-12-25-16-7-6-14(10-18(16)30-12)24-11-15-20-17(29-23(2,3)22(15)27)8-4-13-5-9-19(26)28-21(13)20/h4-11,24H,1-3H3/b15-11-. The van der Waals surface area contributed by atoms with Gasteiger partial charge in [-0.2, -0.15) is 0 Å². The minimum absolute atomic E-state index is 0.198. The Kier molecular flexibility index (Phi) is 4.04. The number of fused-ring (bicyclic) bond motifs is 4. The maximum absolute atomic E-state index is 13.2. The van der Waals surface area contributed by atoms with Crippen molar-refractivity contribution < 1.29 is 13.9 Å². The first kappa shape index (κ1) is 18.6. The molecule has 5 rings (SSSR count). The lowest BCUT2D eigenvalue weighted by atomic mass is 9.87. The number of carbonyl (C=O) groups excluding carboxylic acids is 1. The fourth-order valence-electron chi connectivity index (χ4n) is 3.64. The number of nitrogens with one attached hydrogen (secondary N) is 1. The Labute approximate surface area is 175 Å². The van der Waals surface area contributed by atoms with E-state index in [1.807, 2.05) is 31.2 Å². The Morgan fingerprint density at radius 1 is 1.10 bits per heavy atom. The molecule has 1 N–H and O–H groups in total. The molecule has 2 aromatic heterocycles. The number of thiazole rings is 1. The first-order chi connectivity index (χ1) is 14.3. The Bertz CT molecular complexity index is 1430. The van der Waals surface area contributed by atoms with Gasteiger partial charge in [-0.1, -0.05) is 0 Å². The number of rotatable bonds is 2. The second kappa shape index (κ2) is 6.53. The van der Waals surface area contributed by atoms with Crippen molar-refractivity contribution in [2.75, 3.05) is 5.32 Å². The molecular weight excluding hydrogens is 400 g/mol. The highest BCUT2D eigenvalue weighted by molar-refractivity contribution is 7.18. The SMILES string of the molecule is Cc1nc2ccc(N/C=C3\C(=O)C(C)(C)Oc4ccc5ccc(=O)oc5c43)cc2s1. The number of anilines is 1. The number of hydrogen-bond acceptors (Lipinski definition) is 7. The third-order valence-corrected chi connectivity index (χ3v) is 5.99. The smallest absolute Gasteiger partial charge is 0.336 e. The Morgan fingerprint density at radius 3 is 2.73 bits per heavy atom. The number of aromatic nitrogens is 1. The molecule has 1 aliphatic rings. The molecule has 2 aromatic carbocycles. The van der Waals surface area contributed by atoms with E-state index in [0.717, 1.165) is 26.3 Å². The number of hydrogen-bond donors (Lipinski definition) is 1. The van der Waals surface area contributed by atoms with Crippen LogP contribution in [0.1, 0.15) is 24.4 Å². The number of ether oxygens (including phenoxy) is 1. The summed E-state index contributed by atoms with van der Waals surface area (Å²) in [5.41, 5.74) is 1.48. The van der Waals surface area contributed by atoms with Gasteiger partial charge in [0.15, 0.2) is 5.60 Å². The van der Waals surface area contributed by atoms with Crippen LogP contribution in [0.5, 0.6) is 5.75 Å². The number of nitrogens with zero attached hydrogens (tertiary/aromatic N) is 1. The highest BCUT2D eigenvalue weighted by atomic mass is 32.1. The summed E-state index contributed by atoms with van der Waals surface area (Å²) >= 11 is 1.61. The maximum Gasteiger partial charge on any atom is 0.336 e. The monoisotopic (exact) mass is 418 g/mol. The number of carbonyl (C=O) groups is 1. The summed E-state index contributed by atoms with van der Waals surface area (Å²) in [7, 11) is 0. The zero-order chi connectivity index (χ0) is 21.0. The third-order valence-electron chi connectivity index (χ3n) is 5.06. The molecule has 7 heteroatoms. The molecule has 0 saturated heterocycles. The highest BCUT2D eigenvalue weighted by Gasteiger charge is 2.40. The first-order valence-corrected chi connectivity index (χ1v) is 10.3. The largest absolute Gasteiger partial charge is 0.479 e. The van der Waals surface area contributed by atoms with Crippen molar-refractivity contribution in [2.24, 2.45) is 0 Å². The molecule has 3 heterocycles. The van der Waals surface area contributed by atoms with E-state index in [1.165, 1.54) is 6.07 Å². The van der Waals surface area contributed by atoms with Crippen LogP contribution in [0.15, 0.2) is 57.9 Å². The summed E-state index contributed by atoms with van der Waals surface area (Å²) in [5.74, 6) is 0.305. The summed E-state index contributed by atoms with van der Waals surface area (Å²) in [5, 5.41) is 4.94. The van der Waals surface area contributed by atoms with E-state index in [2.05, 4.69) is 10.3 Å². The quantitative estimate of drug-likeness (QED) is 0.368. The second-order valence-electron chi connectivity index (χ2n) is 7.67. The summed E-state index contributed by atoms with van der Waals surface area (Å²) in [6, 6.07) is 12.5. The molecule has 4 aromatic rings. The lowest BCUT2D eigenvalue weighted by Crippen LogP contribution is -2.42. The summed E-state index contributed by atoms with van der Waals surface area (Å²) < 4.78 is 12.5. The Morgan fingerprint density at radius 2 is 1.90 bits per heavy atom. The van der Waals surface area contributed by atoms with Crippen LogP contribution in [-0.4, -0.2) is 16.4 Å². The van der Waals surface area contributed by atoms with E-state index in [9.17, 15) is 9.59 Å². The van der Waals surface area contributed by atoms with Gasteiger partial charge in [-0.15, -0.1) is 11.3 Å². The zero-order valence-electron chi connectivity index (χ0n) is 16.6. The van der Waals surface area contributed by atoms with Crippen LogP contribution in [0.2, 0.25) is 0 Å². The van der Waals surface area contributed by atoms with Crippen LogP contribution in [-0.2, 0) is 4.79 Å². The molecule has 0 aliphatic carbocycles. The number of Topliss-reactive ketones (excluding diaryl/α,β-unsaturated/α-hetero) is 1. The van der Waals surface area contributed by atoms with Crippen LogP contribution in [0.3, 0.4) is 0 Å². The van der Waals surface area contributed by atoms with Gasteiger partial charge in [-0.25, -0.2) is 9.78 Å². The van der Waals surface area contributed by atoms with E-state index in [1.54, 1.807) is 43.5 Å². The van der Waals surface area contributed by atoms with E-state index in [0.29, 0.717) is 22.5 Å². The molecule has 0 atom stereocenters. The molecular formula is C23H18N2O4S. The number of benzene rings is 2. The predicted molar refractivity (Wildman–Crippen MR) is 118 cm³/mol. The van der Waals surface area contributed by atoms with Gasteiger partial charge in [-0.3, -0.25) is 4.79 Å². The van der Waals surface area contributed by atoms with Crippen molar-refractivity contribution in [3.05, 3.63) is 69.7 Å². The molecule has 0 fully saturated rings. The fraction of sp³-hybridized carbons (Fsp3) is 0.174. The van der Waals surface area contributed by atoms with Gasteiger partial charge in [0.25, 0.3) is 0 Å². The van der Waals surface area contributed by atoms with Crippen LogP contribution in [0, 0.1) is 6.92 Å². The summed E-state index contributed by atoms with van der Waals surface area (Å²) in [6.07, 6.45) is 1.66. The third kappa shape index (κ3) is 2.98. The molecule has 0 unspecified atom stereocenters. The fourth-order valence-corrected chi connectivity index (χ4v) is 4.50. The molecule has 30 heavy (non-hydrogen) atoms. The van der Waals surface area contributed by atoms with Crippen molar-refractivity contribution >= 4 is 49.6 Å². The molecule has 0 radical (unpaired) electrons. The molecule has 0 amide bonds. The molecule has 0 bridgehead atoms. The average molecular weight is 418 g/mol. The molecule has 0 spiro atoms. The lowest BCUT2D eigenvalue weighted by molar-refractivity contribution is -0.126. The van der Waals surface area contributed by atoms with Gasteiger partial charge in [0.05, 0.1) is 26.4 Å². The summed E-state index contributed by atoms with van der Waals surface area (Å²) in [4.78, 5) is 29.5. The minimum atomic E-state index is -1.04. The van der Waals surface area contributed by atoms with Crippen molar-refractivity contribution in [3.8, 4) is 5.75 Å². The molecule has 0 saturated carbocycles. The van der Waals surface area contributed by atoms with Gasteiger partial charge in [0, 0.05) is 23.3 Å². The van der Waals surface area contributed by atoms with E-state index in [-0.39, 0.29) is 5.78 Å². The maximum atomic E-state index is 13.2. The zero-order valence-corrected chi connectivity index (χ0v) is 17.4. The van der Waals surface area contributed by atoms with E-state index >= 15 is 0 Å². The molecule has 1 aliphatic heterocycles. The van der Waals surface area contributed by atoms with Crippen molar-refractivity contribution in [2.45, 2.75) is 26.4 Å². The Balaban J connectivity index is 1.66. The second-order valence-corrected chi connectivity index (χ2v) is 8.91. The average Bonchev–Trinajstić information content (AvgIpc) is 3.07. The minimum Gasteiger partial charge on any atom is -0.479 e. The van der Waals surface area contributed by atoms with Crippen LogP contribution in [0.25, 0.3) is 26.8 Å². The highest BCUT2D eigenvalue weighted by Crippen LogP contribution is 2.41. The van der Waals surface area contributed by atoms with Crippen molar-refractivity contribution in [1.82, 2.24) is 4.98 Å². The molecule has 6 nitrogen and oxygen atoms in total. The predicted octanol–water partition coefficient (Wildman–Crippen LogP) is 4.90. The topological polar surface area (TPSA) is 81.4 Å². The van der Waals surface area contributed by atoms with Gasteiger partial charge in [0.2, 0.25) is 5.78 Å².